The maximum absolute atomic E-state index is 12.7. The van der Waals surface area contributed by atoms with Crippen LogP contribution >= 0.6 is 0 Å². The number of hydrogen-bond acceptors (Lipinski definition) is 7. The second-order valence-electron chi connectivity index (χ2n) is 6.26. The first-order valence-electron chi connectivity index (χ1n) is 8.67. The molecule has 0 aliphatic carbocycles. The lowest BCUT2D eigenvalue weighted by atomic mass is 9.94. The fourth-order valence-electron chi connectivity index (χ4n) is 3.33. The van der Waals surface area contributed by atoms with E-state index in [1.54, 1.807) is 12.1 Å². The van der Waals surface area contributed by atoms with E-state index in [-0.39, 0.29) is 28.9 Å². The zero-order valence-electron chi connectivity index (χ0n) is 15.4. The minimum absolute atomic E-state index is 0.0696. The molecule has 2 aromatic carbocycles. The Balaban J connectivity index is 2.23. The van der Waals surface area contributed by atoms with Crippen molar-refractivity contribution in [2.45, 2.75) is 6.04 Å². The van der Waals surface area contributed by atoms with Gasteiger partial charge in [-0.1, -0.05) is 12.1 Å². The molecule has 0 saturated carbocycles. The van der Waals surface area contributed by atoms with E-state index >= 15 is 0 Å². The van der Waals surface area contributed by atoms with E-state index in [0.717, 1.165) is 4.90 Å². The number of para-hydroxylation sites is 1. The number of rotatable bonds is 6. The Kier molecular flexibility index (Phi) is 5.60. The molecular weight excluding hydrogens is 380 g/mol. The van der Waals surface area contributed by atoms with Crippen molar-refractivity contribution in [3.05, 3.63) is 75.3 Å². The van der Waals surface area contributed by atoms with Gasteiger partial charge in [0.15, 0.2) is 0 Å². The van der Waals surface area contributed by atoms with Gasteiger partial charge in [-0.3, -0.25) is 19.7 Å². The fraction of sp³-hybridized carbons (Fsp3) is 0.200. The number of methoxy groups -OCH3 is 1. The number of β-amino-alcohol motifs (C(OH)–C–C–N with tert-alkyl or cyclic N) is 1. The quantitative estimate of drug-likeness (QED) is 0.250. The highest BCUT2D eigenvalue weighted by Crippen LogP contribution is 2.42. The molecule has 2 aromatic rings. The molecule has 150 valence electrons. The molecule has 1 amide bonds. The lowest BCUT2D eigenvalue weighted by Gasteiger charge is -2.24. The number of carbonyl (C=O) groups excluding carboxylic acids is 2. The normalized spacial score (nSPS) is 18.1. The summed E-state index contributed by atoms with van der Waals surface area (Å²) in [6.07, 6.45) is 0. The number of ether oxygens (including phenoxy) is 1. The Labute approximate surface area is 165 Å². The van der Waals surface area contributed by atoms with Crippen LogP contribution in [0.3, 0.4) is 0 Å². The second kappa shape index (κ2) is 8.11. The molecule has 1 heterocycles. The predicted molar refractivity (Wildman–Crippen MR) is 102 cm³/mol. The first-order valence-corrected chi connectivity index (χ1v) is 8.67. The largest absolute Gasteiger partial charge is 0.507 e. The van der Waals surface area contributed by atoms with Crippen molar-refractivity contribution < 1.29 is 29.5 Å². The monoisotopic (exact) mass is 398 g/mol. The second-order valence-corrected chi connectivity index (χ2v) is 6.26. The standard InChI is InChI=1S/C20H18N2O7/c1-29-13-8-6-12(7-9-13)18(24)16-17(21(10-11-23)20(26)19(16)25)14-4-2-3-5-15(14)22(27)28/h2-9,17,23-24H,10-11H2,1H3/b18-16+. The molecule has 1 atom stereocenters. The molecule has 0 aromatic heterocycles. The van der Waals surface area contributed by atoms with Crippen LogP contribution in [0.1, 0.15) is 17.2 Å². The first-order chi connectivity index (χ1) is 13.9. The third-order valence-electron chi connectivity index (χ3n) is 4.67. The average Bonchev–Trinajstić information content (AvgIpc) is 2.98. The third kappa shape index (κ3) is 3.55. The van der Waals surface area contributed by atoms with Gasteiger partial charge in [0.2, 0.25) is 0 Å². The Morgan fingerprint density at radius 1 is 1.17 bits per heavy atom. The molecule has 1 aliphatic rings. The topological polar surface area (TPSA) is 130 Å². The zero-order valence-corrected chi connectivity index (χ0v) is 15.4. The number of aliphatic hydroxyl groups is 2. The van der Waals surface area contributed by atoms with Gasteiger partial charge in [0.25, 0.3) is 17.4 Å². The highest BCUT2D eigenvalue weighted by atomic mass is 16.6. The molecule has 3 rings (SSSR count). The summed E-state index contributed by atoms with van der Waals surface area (Å²) in [6.45, 7) is -0.673. The summed E-state index contributed by atoms with van der Waals surface area (Å²) in [5, 5.41) is 31.7. The van der Waals surface area contributed by atoms with Gasteiger partial charge in [-0.2, -0.15) is 0 Å². The summed E-state index contributed by atoms with van der Waals surface area (Å²) in [5.74, 6) is -1.86. The van der Waals surface area contributed by atoms with E-state index in [4.69, 9.17) is 4.74 Å². The lowest BCUT2D eigenvalue weighted by molar-refractivity contribution is -0.385. The number of hydrogen-bond donors (Lipinski definition) is 2. The van der Waals surface area contributed by atoms with Crippen LogP contribution in [0, 0.1) is 10.1 Å². The van der Waals surface area contributed by atoms with Crippen LogP contribution in [0.5, 0.6) is 5.75 Å². The molecule has 29 heavy (non-hydrogen) atoms. The molecule has 9 heteroatoms. The Bertz CT molecular complexity index is 998. The van der Waals surface area contributed by atoms with Gasteiger partial charge in [-0.25, -0.2) is 0 Å². The van der Waals surface area contributed by atoms with Gasteiger partial charge < -0.3 is 19.8 Å². The maximum Gasteiger partial charge on any atom is 0.295 e. The van der Waals surface area contributed by atoms with Crippen LogP contribution < -0.4 is 4.74 Å². The highest BCUT2D eigenvalue weighted by Gasteiger charge is 2.47. The van der Waals surface area contributed by atoms with Crippen molar-refractivity contribution in [2.75, 3.05) is 20.3 Å². The van der Waals surface area contributed by atoms with Crippen LogP contribution in [0.2, 0.25) is 0 Å². The van der Waals surface area contributed by atoms with E-state index < -0.39 is 35.0 Å². The maximum atomic E-state index is 12.7. The van der Waals surface area contributed by atoms with E-state index in [2.05, 4.69) is 0 Å². The average molecular weight is 398 g/mol. The molecule has 0 bridgehead atoms. The molecule has 1 fully saturated rings. The van der Waals surface area contributed by atoms with E-state index in [1.165, 1.54) is 43.5 Å². The van der Waals surface area contributed by atoms with E-state index in [1.807, 2.05) is 0 Å². The number of amides is 1. The Morgan fingerprint density at radius 2 is 1.83 bits per heavy atom. The summed E-state index contributed by atoms with van der Waals surface area (Å²) in [6, 6.07) is 10.6. The van der Waals surface area contributed by atoms with Gasteiger partial charge in [0.05, 0.1) is 35.8 Å². The predicted octanol–water partition coefficient (Wildman–Crippen LogP) is 2.02. The van der Waals surface area contributed by atoms with Gasteiger partial charge in [-0.05, 0) is 30.3 Å². The van der Waals surface area contributed by atoms with Gasteiger partial charge in [0, 0.05) is 18.2 Å². The number of nitro benzene ring substituents is 1. The number of aliphatic hydroxyl groups excluding tert-OH is 2. The number of Topliss-reactive ketones (excluding diaryl/α,β-unsaturated/α-hetero) is 1. The fourth-order valence-corrected chi connectivity index (χ4v) is 3.33. The molecule has 0 spiro atoms. The summed E-state index contributed by atoms with van der Waals surface area (Å²) in [5.41, 5.74) is -0.262. The minimum atomic E-state index is -1.20. The van der Waals surface area contributed by atoms with Crippen LogP contribution in [-0.4, -0.2) is 52.0 Å². The lowest BCUT2D eigenvalue weighted by Crippen LogP contribution is -2.32. The van der Waals surface area contributed by atoms with Crippen LogP contribution in [-0.2, 0) is 9.59 Å². The Morgan fingerprint density at radius 3 is 2.41 bits per heavy atom. The SMILES string of the molecule is COc1ccc(/C(O)=C2\C(=O)C(=O)N(CCO)C2c2ccccc2[N+](=O)[O-])cc1. The number of ketones is 1. The molecule has 9 nitrogen and oxygen atoms in total. The smallest absolute Gasteiger partial charge is 0.295 e. The first kappa shape index (κ1) is 20.0. The van der Waals surface area contributed by atoms with Crippen molar-refractivity contribution in [3.8, 4) is 5.75 Å². The third-order valence-corrected chi connectivity index (χ3v) is 4.67. The van der Waals surface area contributed by atoms with Crippen LogP contribution in [0.15, 0.2) is 54.1 Å². The summed E-state index contributed by atoms with van der Waals surface area (Å²) in [4.78, 5) is 37.1. The number of benzene rings is 2. The summed E-state index contributed by atoms with van der Waals surface area (Å²) < 4.78 is 5.06. The van der Waals surface area contributed by atoms with Gasteiger partial charge >= 0.3 is 0 Å². The van der Waals surface area contributed by atoms with Crippen molar-refractivity contribution in [3.63, 3.8) is 0 Å². The molecular formula is C20H18N2O7. The van der Waals surface area contributed by atoms with Gasteiger partial charge in [0.1, 0.15) is 11.5 Å². The molecule has 2 N–H and O–H groups in total. The molecule has 1 unspecified atom stereocenters. The van der Waals surface area contributed by atoms with Crippen LogP contribution in [0.25, 0.3) is 5.76 Å². The van der Waals surface area contributed by atoms with Crippen molar-refractivity contribution >= 4 is 23.1 Å². The number of carbonyl (C=O) groups is 2. The number of likely N-dealkylation sites (tertiary alicyclic amines) is 1. The molecule has 1 saturated heterocycles. The van der Waals surface area contributed by atoms with E-state index in [0.29, 0.717) is 5.75 Å². The van der Waals surface area contributed by atoms with Gasteiger partial charge in [-0.15, -0.1) is 0 Å². The van der Waals surface area contributed by atoms with Crippen molar-refractivity contribution in [1.29, 1.82) is 0 Å². The number of nitrogens with zero attached hydrogens (tertiary/aromatic N) is 2. The molecule has 1 aliphatic heterocycles. The highest BCUT2D eigenvalue weighted by molar-refractivity contribution is 6.46. The minimum Gasteiger partial charge on any atom is -0.507 e. The summed E-state index contributed by atoms with van der Waals surface area (Å²) in [7, 11) is 1.48. The molecule has 0 radical (unpaired) electrons. The van der Waals surface area contributed by atoms with Crippen LogP contribution in [0.4, 0.5) is 5.69 Å². The number of nitro groups is 1. The van der Waals surface area contributed by atoms with E-state index in [9.17, 15) is 29.9 Å². The Hall–Kier alpha value is -3.72. The zero-order chi connectivity index (χ0) is 21.1. The van der Waals surface area contributed by atoms with Crippen molar-refractivity contribution in [1.82, 2.24) is 4.90 Å². The van der Waals surface area contributed by atoms with Crippen molar-refractivity contribution in [2.24, 2.45) is 0 Å². The summed E-state index contributed by atoms with van der Waals surface area (Å²) >= 11 is 0.